The molecule has 1 aromatic carbocycles. The van der Waals surface area contributed by atoms with Crippen LogP contribution in [-0.4, -0.2) is 16.8 Å². The SMILES string of the molecule is CCn1nc(C)c(Br)c1CC(NC)c1cccc(C)c1C. The molecule has 4 heteroatoms. The molecule has 0 fully saturated rings. The van der Waals surface area contributed by atoms with Crippen molar-refractivity contribution in [3.8, 4) is 0 Å². The Kier molecular flexibility index (Phi) is 5.22. The third kappa shape index (κ3) is 3.22. The number of hydrogen-bond acceptors (Lipinski definition) is 2. The fraction of sp³-hybridized carbons (Fsp3) is 0.471. The molecular formula is C17H24BrN3. The monoisotopic (exact) mass is 349 g/mol. The maximum absolute atomic E-state index is 4.59. The third-order valence-corrected chi connectivity index (χ3v) is 5.25. The number of likely N-dealkylation sites (N-methyl/N-ethyl adjacent to an activating group) is 1. The van der Waals surface area contributed by atoms with Gasteiger partial charge in [-0.25, -0.2) is 0 Å². The van der Waals surface area contributed by atoms with Crippen molar-refractivity contribution in [2.75, 3.05) is 7.05 Å². The first-order valence-corrected chi connectivity index (χ1v) is 8.24. The van der Waals surface area contributed by atoms with Crippen LogP contribution in [0.2, 0.25) is 0 Å². The van der Waals surface area contributed by atoms with Gasteiger partial charge in [0.1, 0.15) is 0 Å². The van der Waals surface area contributed by atoms with Crippen LogP contribution in [0.3, 0.4) is 0 Å². The number of aromatic nitrogens is 2. The normalized spacial score (nSPS) is 12.7. The van der Waals surface area contributed by atoms with E-state index in [1.54, 1.807) is 0 Å². The molecule has 1 atom stereocenters. The number of benzene rings is 1. The Bertz CT molecular complexity index is 631. The molecule has 1 heterocycles. The molecule has 0 radical (unpaired) electrons. The lowest BCUT2D eigenvalue weighted by atomic mass is 9.94. The van der Waals surface area contributed by atoms with Crippen LogP contribution in [-0.2, 0) is 13.0 Å². The highest BCUT2D eigenvalue weighted by Crippen LogP contribution is 2.28. The summed E-state index contributed by atoms with van der Waals surface area (Å²) >= 11 is 3.69. The highest BCUT2D eigenvalue weighted by atomic mass is 79.9. The smallest absolute Gasteiger partial charge is 0.0738 e. The van der Waals surface area contributed by atoms with Gasteiger partial charge < -0.3 is 5.32 Å². The van der Waals surface area contributed by atoms with Gasteiger partial charge >= 0.3 is 0 Å². The van der Waals surface area contributed by atoms with Gasteiger partial charge in [0.25, 0.3) is 0 Å². The molecule has 0 saturated carbocycles. The van der Waals surface area contributed by atoms with Crippen LogP contribution in [0, 0.1) is 20.8 Å². The van der Waals surface area contributed by atoms with Crippen molar-refractivity contribution >= 4 is 15.9 Å². The molecule has 114 valence electrons. The average Bonchev–Trinajstić information content (AvgIpc) is 2.75. The van der Waals surface area contributed by atoms with E-state index in [1.807, 2.05) is 14.0 Å². The second-order valence-electron chi connectivity index (χ2n) is 5.50. The summed E-state index contributed by atoms with van der Waals surface area (Å²) in [6.45, 7) is 9.44. The molecule has 1 N–H and O–H groups in total. The number of nitrogens with one attached hydrogen (secondary N) is 1. The molecule has 1 unspecified atom stereocenters. The first-order valence-electron chi connectivity index (χ1n) is 7.44. The summed E-state index contributed by atoms with van der Waals surface area (Å²) in [5.74, 6) is 0. The second-order valence-corrected chi connectivity index (χ2v) is 6.29. The van der Waals surface area contributed by atoms with Crippen LogP contribution < -0.4 is 5.32 Å². The van der Waals surface area contributed by atoms with Crippen molar-refractivity contribution in [1.82, 2.24) is 15.1 Å². The summed E-state index contributed by atoms with van der Waals surface area (Å²) in [7, 11) is 2.03. The summed E-state index contributed by atoms with van der Waals surface area (Å²) in [5.41, 5.74) is 6.39. The third-order valence-electron chi connectivity index (χ3n) is 4.22. The lowest BCUT2D eigenvalue weighted by molar-refractivity contribution is 0.538. The van der Waals surface area contributed by atoms with E-state index in [1.165, 1.54) is 22.4 Å². The van der Waals surface area contributed by atoms with Crippen molar-refractivity contribution in [1.29, 1.82) is 0 Å². The standard InChI is InChI=1S/C17H24BrN3/c1-6-21-16(17(18)13(4)20-21)10-15(19-5)14-9-7-8-11(2)12(14)3/h7-9,15,19H,6,10H2,1-5H3. The zero-order valence-electron chi connectivity index (χ0n) is 13.5. The molecule has 0 aliphatic heterocycles. The molecule has 0 bridgehead atoms. The van der Waals surface area contributed by atoms with Gasteiger partial charge in [-0.1, -0.05) is 18.2 Å². The van der Waals surface area contributed by atoms with Gasteiger partial charge in [0, 0.05) is 19.0 Å². The van der Waals surface area contributed by atoms with E-state index in [-0.39, 0.29) is 0 Å². The molecule has 0 spiro atoms. The van der Waals surface area contributed by atoms with Crippen molar-refractivity contribution < 1.29 is 0 Å². The minimum Gasteiger partial charge on any atom is -0.313 e. The largest absolute Gasteiger partial charge is 0.313 e. The van der Waals surface area contributed by atoms with Crippen LogP contribution in [0.5, 0.6) is 0 Å². The van der Waals surface area contributed by atoms with Crippen LogP contribution in [0.4, 0.5) is 0 Å². The lowest BCUT2D eigenvalue weighted by Crippen LogP contribution is -2.22. The topological polar surface area (TPSA) is 29.9 Å². The summed E-state index contributed by atoms with van der Waals surface area (Å²) in [6, 6.07) is 6.82. The zero-order valence-corrected chi connectivity index (χ0v) is 15.1. The van der Waals surface area contributed by atoms with Gasteiger partial charge in [-0.05, 0) is 67.4 Å². The summed E-state index contributed by atoms with van der Waals surface area (Å²) in [4.78, 5) is 0. The fourth-order valence-corrected chi connectivity index (χ4v) is 3.22. The summed E-state index contributed by atoms with van der Waals surface area (Å²) < 4.78 is 3.23. The average molecular weight is 350 g/mol. The number of aryl methyl sites for hydroxylation is 3. The van der Waals surface area contributed by atoms with Gasteiger partial charge in [0.15, 0.2) is 0 Å². The number of hydrogen-bond donors (Lipinski definition) is 1. The Morgan fingerprint density at radius 3 is 2.62 bits per heavy atom. The molecule has 2 aromatic rings. The Balaban J connectivity index is 2.38. The Morgan fingerprint density at radius 2 is 2.00 bits per heavy atom. The summed E-state index contributed by atoms with van der Waals surface area (Å²) in [5, 5.41) is 8.05. The van der Waals surface area contributed by atoms with E-state index in [4.69, 9.17) is 0 Å². The molecule has 21 heavy (non-hydrogen) atoms. The molecule has 0 amide bonds. The first-order chi connectivity index (χ1) is 9.99. The van der Waals surface area contributed by atoms with Gasteiger partial charge in [-0.2, -0.15) is 5.10 Å². The highest BCUT2D eigenvalue weighted by Gasteiger charge is 2.19. The Labute approximate surface area is 135 Å². The van der Waals surface area contributed by atoms with Gasteiger partial charge in [0.05, 0.1) is 15.9 Å². The van der Waals surface area contributed by atoms with E-state index in [9.17, 15) is 0 Å². The van der Waals surface area contributed by atoms with Gasteiger partial charge in [-0.15, -0.1) is 0 Å². The fourth-order valence-electron chi connectivity index (χ4n) is 2.78. The first kappa shape index (κ1) is 16.2. The maximum Gasteiger partial charge on any atom is 0.0738 e. The van der Waals surface area contributed by atoms with Gasteiger partial charge in [-0.3, -0.25) is 4.68 Å². The molecule has 0 saturated heterocycles. The molecular weight excluding hydrogens is 326 g/mol. The second kappa shape index (κ2) is 6.75. The minimum absolute atomic E-state index is 0.294. The Hall–Kier alpha value is -1.13. The lowest BCUT2D eigenvalue weighted by Gasteiger charge is -2.20. The minimum atomic E-state index is 0.294. The molecule has 1 aromatic heterocycles. The van der Waals surface area contributed by atoms with Crippen molar-refractivity contribution in [3.63, 3.8) is 0 Å². The van der Waals surface area contributed by atoms with E-state index < -0.39 is 0 Å². The van der Waals surface area contributed by atoms with Crippen LogP contribution >= 0.6 is 15.9 Å². The van der Waals surface area contributed by atoms with E-state index in [0.29, 0.717) is 6.04 Å². The number of rotatable bonds is 5. The van der Waals surface area contributed by atoms with Crippen LogP contribution in [0.15, 0.2) is 22.7 Å². The summed E-state index contributed by atoms with van der Waals surface area (Å²) in [6.07, 6.45) is 0.927. The predicted octanol–water partition coefficient (Wildman–Crippen LogP) is 4.09. The number of halogens is 1. The predicted molar refractivity (Wildman–Crippen MR) is 91.8 cm³/mol. The number of nitrogens with zero attached hydrogens (tertiary/aromatic N) is 2. The van der Waals surface area contributed by atoms with E-state index >= 15 is 0 Å². The van der Waals surface area contributed by atoms with Crippen LogP contribution in [0.25, 0.3) is 0 Å². The maximum atomic E-state index is 4.59. The van der Waals surface area contributed by atoms with Crippen molar-refractivity contribution in [3.05, 3.63) is 50.8 Å². The quantitative estimate of drug-likeness (QED) is 0.880. The molecule has 0 aliphatic rings. The van der Waals surface area contributed by atoms with Gasteiger partial charge in [0.2, 0.25) is 0 Å². The van der Waals surface area contributed by atoms with Crippen molar-refractivity contribution in [2.24, 2.45) is 0 Å². The highest BCUT2D eigenvalue weighted by molar-refractivity contribution is 9.10. The molecule has 2 rings (SSSR count). The molecule has 3 nitrogen and oxygen atoms in total. The molecule has 0 aliphatic carbocycles. The Morgan fingerprint density at radius 1 is 1.29 bits per heavy atom. The van der Waals surface area contributed by atoms with E-state index in [0.717, 1.165) is 23.1 Å². The van der Waals surface area contributed by atoms with E-state index in [2.05, 4.69) is 70.0 Å². The van der Waals surface area contributed by atoms with Crippen molar-refractivity contribution in [2.45, 2.75) is 46.7 Å². The van der Waals surface area contributed by atoms with Crippen LogP contribution in [0.1, 0.15) is 41.0 Å². The zero-order chi connectivity index (χ0) is 15.6.